The number of rotatable bonds is 5. The molecule has 6 nitrogen and oxygen atoms in total. The number of methoxy groups -OCH3 is 1. The Morgan fingerprint density at radius 1 is 0.867 bits per heavy atom. The van der Waals surface area contributed by atoms with Gasteiger partial charge in [0.25, 0.3) is 0 Å². The number of ether oxygens (including phenoxy) is 1. The molecule has 2 saturated heterocycles. The molecule has 30 heavy (non-hydrogen) atoms. The summed E-state index contributed by atoms with van der Waals surface area (Å²) in [6.45, 7) is 3.66. The molecule has 8 heteroatoms. The van der Waals surface area contributed by atoms with Crippen molar-refractivity contribution in [2.75, 3.05) is 7.11 Å². The van der Waals surface area contributed by atoms with Crippen LogP contribution in [0.25, 0.3) is 0 Å². The maximum atomic E-state index is 13.5. The van der Waals surface area contributed by atoms with Gasteiger partial charge in [-0.25, -0.2) is 16.8 Å². The largest absolute Gasteiger partial charge is 0.496 e. The van der Waals surface area contributed by atoms with Crippen molar-refractivity contribution in [3.63, 3.8) is 0 Å². The third-order valence-corrected chi connectivity index (χ3v) is 10.5. The molecule has 2 fully saturated rings. The molecule has 0 radical (unpaired) electrons. The van der Waals surface area contributed by atoms with Crippen molar-refractivity contribution in [2.45, 2.75) is 66.7 Å². The number of hydrogen-bond acceptors (Lipinski definition) is 5. The smallest absolute Gasteiger partial charge is 0.243 e. The van der Waals surface area contributed by atoms with Crippen molar-refractivity contribution < 1.29 is 21.6 Å². The average Bonchev–Trinajstić information content (AvgIpc) is 2.99. The van der Waals surface area contributed by atoms with Gasteiger partial charge in [-0.1, -0.05) is 18.2 Å². The Morgan fingerprint density at radius 3 is 1.90 bits per heavy atom. The van der Waals surface area contributed by atoms with E-state index in [0.717, 1.165) is 11.1 Å². The monoisotopic (exact) mass is 449 g/mol. The van der Waals surface area contributed by atoms with Gasteiger partial charge in [0.05, 0.1) is 22.2 Å². The Balaban J connectivity index is 1.64. The van der Waals surface area contributed by atoms with Crippen LogP contribution in [-0.2, 0) is 19.9 Å². The third-order valence-electron chi connectivity index (χ3n) is 6.35. The second kappa shape index (κ2) is 7.66. The first kappa shape index (κ1) is 21.3. The van der Waals surface area contributed by atoms with Crippen LogP contribution >= 0.6 is 0 Å². The van der Waals surface area contributed by atoms with Gasteiger partial charge in [-0.15, -0.1) is 0 Å². The normalized spacial score (nSPS) is 24.7. The summed E-state index contributed by atoms with van der Waals surface area (Å²) in [5.74, 6) is 0.685. The van der Waals surface area contributed by atoms with Crippen molar-refractivity contribution in [3.8, 4) is 5.75 Å². The Kier molecular flexibility index (Phi) is 5.45. The quantitative estimate of drug-likeness (QED) is 0.698. The summed E-state index contributed by atoms with van der Waals surface area (Å²) in [5, 5.41) is -0.553. The topological polar surface area (TPSA) is 80.8 Å². The summed E-state index contributed by atoms with van der Waals surface area (Å²) in [5.41, 5.74) is 1.54. The molecule has 2 aliphatic rings. The number of sulfone groups is 1. The fraction of sp³-hybridized carbons (Fsp3) is 0.455. The van der Waals surface area contributed by atoms with E-state index in [1.165, 1.54) is 0 Å². The molecule has 4 rings (SSSR count). The van der Waals surface area contributed by atoms with Crippen molar-refractivity contribution in [1.82, 2.24) is 4.31 Å². The minimum atomic E-state index is -3.72. The van der Waals surface area contributed by atoms with E-state index in [0.29, 0.717) is 36.3 Å². The predicted molar refractivity (Wildman–Crippen MR) is 115 cm³/mol. The first-order chi connectivity index (χ1) is 14.2. The molecule has 0 aromatic heterocycles. The van der Waals surface area contributed by atoms with Crippen LogP contribution < -0.4 is 4.74 Å². The van der Waals surface area contributed by atoms with Gasteiger partial charge in [0.15, 0.2) is 9.84 Å². The zero-order valence-corrected chi connectivity index (χ0v) is 19.0. The second-order valence-electron chi connectivity index (χ2n) is 8.26. The van der Waals surface area contributed by atoms with E-state index in [2.05, 4.69) is 0 Å². The van der Waals surface area contributed by atoms with Crippen LogP contribution in [0.3, 0.4) is 0 Å². The maximum absolute atomic E-state index is 13.5. The first-order valence-corrected chi connectivity index (χ1v) is 13.1. The Hall–Kier alpha value is -1.90. The van der Waals surface area contributed by atoms with Crippen LogP contribution in [0.5, 0.6) is 5.75 Å². The fourth-order valence-electron chi connectivity index (χ4n) is 5.04. The molecule has 0 amide bonds. The highest BCUT2D eigenvalue weighted by Gasteiger charge is 2.50. The fourth-order valence-corrected chi connectivity index (χ4v) is 8.97. The summed E-state index contributed by atoms with van der Waals surface area (Å²) in [4.78, 5) is 0.562. The van der Waals surface area contributed by atoms with Crippen molar-refractivity contribution in [1.29, 1.82) is 0 Å². The first-order valence-electron chi connectivity index (χ1n) is 10.1. The van der Waals surface area contributed by atoms with Crippen molar-refractivity contribution in [3.05, 3.63) is 53.6 Å². The van der Waals surface area contributed by atoms with Gasteiger partial charge >= 0.3 is 0 Å². The molecule has 2 atom stereocenters. The molecular formula is C22H27NO5S2. The highest BCUT2D eigenvalue weighted by molar-refractivity contribution is 7.92. The van der Waals surface area contributed by atoms with Gasteiger partial charge in [-0.2, -0.15) is 4.31 Å². The molecule has 0 saturated carbocycles. The summed E-state index contributed by atoms with van der Waals surface area (Å²) in [7, 11) is -5.63. The average molecular weight is 450 g/mol. The van der Waals surface area contributed by atoms with Gasteiger partial charge in [0, 0.05) is 12.1 Å². The number of piperidine rings is 1. The molecule has 0 spiro atoms. The number of fused-ring (bicyclic) bond motifs is 2. The molecule has 2 aromatic rings. The molecule has 0 aliphatic carbocycles. The van der Waals surface area contributed by atoms with E-state index < -0.39 is 25.1 Å². The molecule has 2 bridgehead atoms. The molecule has 162 valence electrons. The van der Waals surface area contributed by atoms with Crippen LogP contribution in [0.4, 0.5) is 0 Å². The molecule has 0 N–H and O–H groups in total. The summed E-state index contributed by atoms with van der Waals surface area (Å²) in [6, 6.07) is 11.2. The Bertz CT molecular complexity index is 1120. The zero-order chi connectivity index (χ0) is 21.7. The van der Waals surface area contributed by atoms with E-state index >= 15 is 0 Å². The number of nitrogens with zero attached hydrogens (tertiary/aromatic N) is 1. The lowest BCUT2D eigenvalue weighted by atomic mass is 10.1. The summed E-state index contributed by atoms with van der Waals surface area (Å²) >= 11 is 0. The van der Waals surface area contributed by atoms with Gasteiger partial charge in [0.1, 0.15) is 5.75 Å². The van der Waals surface area contributed by atoms with E-state index in [9.17, 15) is 16.8 Å². The molecule has 2 heterocycles. The van der Waals surface area contributed by atoms with Crippen LogP contribution in [0.2, 0.25) is 0 Å². The minimum Gasteiger partial charge on any atom is -0.496 e. The number of sulfonamides is 1. The minimum absolute atomic E-state index is 0.250. The lowest BCUT2D eigenvalue weighted by Crippen LogP contribution is -2.49. The third kappa shape index (κ3) is 3.44. The summed E-state index contributed by atoms with van der Waals surface area (Å²) < 4.78 is 60.2. The SMILES string of the molecule is COc1c(C)cc(S(=O)(=O)N2C3CCC2CC(S(=O)(=O)c2ccccc2)C3)cc1C. The predicted octanol–water partition coefficient (Wildman–Crippen LogP) is 3.47. The second-order valence-corrected chi connectivity index (χ2v) is 12.3. The molecule has 2 unspecified atom stereocenters. The lowest BCUT2D eigenvalue weighted by Gasteiger charge is -2.37. The number of benzene rings is 2. The van der Waals surface area contributed by atoms with Crippen molar-refractivity contribution >= 4 is 19.9 Å². The molecular weight excluding hydrogens is 422 g/mol. The van der Waals surface area contributed by atoms with E-state index in [4.69, 9.17) is 4.74 Å². The Labute approximate surface area is 178 Å². The van der Waals surface area contributed by atoms with E-state index in [1.807, 2.05) is 13.8 Å². The van der Waals surface area contributed by atoms with Crippen molar-refractivity contribution in [2.24, 2.45) is 0 Å². The lowest BCUT2D eigenvalue weighted by molar-refractivity contribution is 0.249. The molecule has 2 aromatic carbocycles. The van der Waals surface area contributed by atoms with Gasteiger partial charge in [0.2, 0.25) is 10.0 Å². The Morgan fingerprint density at radius 2 is 1.40 bits per heavy atom. The van der Waals surface area contributed by atoms with Crippen LogP contribution in [0.15, 0.2) is 52.3 Å². The van der Waals surface area contributed by atoms with Crippen LogP contribution in [-0.4, -0.2) is 45.6 Å². The number of hydrogen-bond donors (Lipinski definition) is 0. The standard InChI is InChI=1S/C22H27NO5S2/c1-15-11-21(12-16(2)22(15)28-3)30(26,27)23-17-9-10-18(23)14-20(13-17)29(24,25)19-7-5-4-6-8-19/h4-8,11-12,17-18,20H,9-10,13-14H2,1-3H3. The zero-order valence-electron chi connectivity index (χ0n) is 17.4. The summed E-state index contributed by atoms with van der Waals surface area (Å²) in [6.07, 6.45) is 2.06. The number of aryl methyl sites for hydroxylation is 2. The van der Waals surface area contributed by atoms with Gasteiger partial charge in [-0.05, 0) is 74.9 Å². The van der Waals surface area contributed by atoms with Crippen LogP contribution in [0.1, 0.15) is 36.8 Å². The van der Waals surface area contributed by atoms with Gasteiger partial charge in [-0.3, -0.25) is 0 Å². The maximum Gasteiger partial charge on any atom is 0.243 e. The van der Waals surface area contributed by atoms with E-state index in [1.54, 1.807) is 53.9 Å². The van der Waals surface area contributed by atoms with E-state index in [-0.39, 0.29) is 17.0 Å². The highest BCUT2D eigenvalue weighted by atomic mass is 32.2. The van der Waals surface area contributed by atoms with Gasteiger partial charge < -0.3 is 4.74 Å². The van der Waals surface area contributed by atoms with Crippen LogP contribution in [0, 0.1) is 13.8 Å². The highest BCUT2D eigenvalue weighted by Crippen LogP contribution is 2.43. The molecule has 2 aliphatic heterocycles.